The Morgan fingerprint density at radius 2 is 1.64 bits per heavy atom. The fraction of sp³-hybridized carbons (Fsp3) is 0.625. The lowest BCUT2D eigenvalue weighted by molar-refractivity contribution is 0.126. The Morgan fingerprint density at radius 1 is 0.909 bits per heavy atom. The van der Waals surface area contributed by atoms with Crippen molar-refractivity contribution in [2.75, 3.05) is 23.3 Å². The van der Waals surface area contributed by atoms with Crippen molar-refractivity contribution < 1.29 is 5.11 Å². The summed E-state index contributed by atoms with van der Waals surface area (Å²) in [5.74, 6) is 1.48. The van der Waals surface area contributed by atoms with E-state index in [4.69, 9.17) is 25.0 Å². The Balaban J connectivity index is 1.41. The van der Waals surface area contributed by atoms with E-state index in [0.29, 0.717) is 0 Å². The third-order valence-electron chi connectivity index (χ3n) is 7.28. The lowest BCUT2D eigenvalue weighted by Gasteiger charge is -2.27. The van der Waals surface area contributed by atoms with E-state index < -0.39 is 0 Å². The number of nitrogens with zero attached hydrogens (tertiary/aromatic N) is 7. The van der Waals surface area contributed by atoms with Crippen molar-refractivity contribution in [3.05, 3.63) is 23.1 Å². The van der Waals surface area contributed by atoms with Gasteiger partial charge in [0.05, 0.1) is 23.2 Å². The van der Waals surface area contributed by atoms with Crippen molar-refractivity contribution >= 4 is 17.5 Å². The largest absolute Gasteiger partial charge is 0.393 e. The number of aryl methyl sites for hydroxylation is 3. The second-order valence-electron chi connectivity index (χ2n) is 9.75. The van der Waals surface area contributed by atoms with Crippen LogP contribution in [0.4, 0.5) is 11.9 Å². The standard InChI is InChI=1S/C24H32N8O/c1-15-22(27-19-7-3-2-6-18(19)25-15)20-14-21-28-23(31-12-4-5-13-31)29-24(32(21)30-20)26-16-8-10-17(33)11-9-16/h14,16-17,33H,2-13H2,1H3,(H,26,28,29). The minimum absolute atomic E-state index is 0.185. The fourth-order valence-corrected chi connectivity index (χ4v) is 5.37. The first kappa shape index (κ1) is 20.8. The van der Waals surface area contributed by atoms with Crippen molar-refractivity contribution in [3.8, 4) is 11.4 Å². The van der Waals surface area contributed by atoms with Crippen LogP contribution in [0, 0.1) is 6.92 Å². The summed E-state index contributed by atoms with van der Waals surface area (Å²) >= 11 is 0. The Morgan fingerprint density at radius 3 is 2.39 bits per heavy atom. The van der Waals surface area contributed by atoms with Crippen LogP contribution in [0.1, 0.15) is 68.4 Å². The Kier molecular flexibility index (Phi) is 5.36. The molecule has 2 N–H and O–H groups in total. The highest BCUT2D eigenvalue weighted by molar-refractivity contribution is 5.65. The molecule has 0 atom stereocenters. The van der Waals surface area contributed by atoms with Crippen LogP contribution in [0.5, 0.6) is 0 Å². The van der Waals surface area contributed by atoms with Gasteiger partial charge in [-0.15, -0.1) is 0 Å². The molecule has 1 saturated heterocycles. The number of aromatic nitrogens is 6. The predicted octanol–water partition coefficient (Wildman–Crippen LogP) is 3.08. The highest BCUT2D eigenvalue weighted by Crippen LogP contribution is 2.28. The number of hydrogen-bond donors (Lipinski definition) is 2. The maximum Gasteiger partial charge on any atom is 0.230 e. The number of aliphatic hydroxyl groups is 1. The number of anilines is 2. The average molecular weight is 449 g/mol. The van der Waals surface area contributed by atoms with Gasteiger partial charge in [0.1, 0.15) is 11.4 Å². The molecule has 9 heteroatoms. The van der Waals surface area contributed by atoms with E-state index in [9.17, 15) is 5.11 Å². The first-order valence-electron chi connectivity index (χ1n) is 12.5. The first-order valence-corrected chi connectivity index (χ1v) is 12.5. The zero-order valence-corrected chi connectivity index (χ0v) is 19.3. The maximum absolute atomic E-state index is 9.90. The van der Waals surface area contributed by atoms with E-state index in [-0.39, 0.29) is 12.1 Å². The minimum Gasteiger partial charge on any atom is -0.393 e. The molecule has 2 fully saturated rings. The molecule has 3 aromatic heterocycles. The molecule has 0 amide bonds. The highest BCUT2D eigenvalue weighted by Gasteiger charge is 2.24. The molecular formula is C24H32N8O. The van der Waals surface area contributed by atoms with Gasteiger partial charge in [-0.25, -0.2) is 4.98 Å². The van der Waals surface area contributed by atoms with Gasteiger partial charge in [-0.1, -0.05) is 0 Å². The summed E-state index contributed by atoms with van der Waals surface area (Å²) < 4.78 is 1.82. The van der Waals surface area contributed by atoms with E-state index in [1.165, 1.54) is 25.7 Å². The van der Waals surface area contributed by atoms with Crippen LogP contribution < -0.4 is 10.2 Å². The summed E-state index contributed by atoms with van der Waals surface area (Å²) in [6, 6.07) is 2.29. The van der Waals surface area contributed by atoms with Crippen molar-refractivity contribution in [2.24, 2.45) is 0 Å². The topological polar surface area (TPSA) is 104 Å². The molecule has 2 aliphatic carbocycles. The van der Waals surface area contributed by atoms with Gasteiger partial charge < -0.3 is 15.3 Å². The summed E-state index contributed by atoms with van der Waals surface area (Å²) in [5, 5.41) is 18.4. The lowest BCUT2D eigenvalue weighted by atomic mass is 9.93. The molecule has 1 aliphatic heterocycles. The molecule has 9 nitrogen and oxygen atoms in total. The monoisotopic (exact) mass is 448 g/mol. The Labute approximate surface area is 193 Å². The van der Waals surface area contributed by atoms with E-state index in [1.54, 1.807) is 0 Å². The third kappa shape index (κ3) is 4.03. The van der Waals surface area contributed by atoms with Gasteiger partial charge in [0.15, 0.2) is 5.65 Å². The van der Waals surface area contributed by atoms with Crippen molar-refractivity contribution in [1.82, 2.24) is 29.5 Å². The van der Waals surface area contributed by atoms with Crippen LogP contribution in [0.15, 0.2) is 6.07 Å². The smallest absolute Gasteiger partial charge is 0.230 e. The predicted molar refractivity (Wildman–Crippen MR) is 127 cm³/mol. The van der Waals surface area contributed by atoms with Crippen molar-refractivity contribution in [3.63, 3.8) is 0 Å². The van der Waals surface area contributed by atoms with Gasteiger partial charge in [-0.05, 0) is 71.1 Å². The number of aliphatic hydroxyl groups excluding tert-OH is 1. The Bertz CT molecular complexity index is 1160. The summed E-state index contributed by atoms with van der Waals surface area (Å²) in [6.07, 6.45) is 10.0. The van der Waals surface area contributed by atoms with E-state index in [0.717, 1.165) is 97.6 Å². The molecule has 0 radical (unpaired) electrons. The number of rotatable bonds is 4. The number of hydrogen-bond acceptors (Lipinski definition) is 8. The molecule has 33 heavy (non-hydrogen) atoms. The first-order chi connectivity index (χ1) is 16.1. The van der Waals surface area contributed by atoms with Gasteiger partial charge in [-0.3, -0.25) is 4.98 Å². The maximum atomic E-state index is 9.90. The fourth-order valence-electron chi connectivity index (χ4n) is 5.37. The van der Waals surface area contributed by atoms with Crippen LogP contribution >= 0.6 is 0 Å². The van der Waals surface area contributed by atoms with Crippen molar-refractivity contribution in [1.29, 1.82) is 0 Å². The van der Waals surface area contributed by atoms with Crippen LogP contribution in [0.25, 0.3) is 17.0 Å². The van der Waals surface area contributed by atoms with Crippen molar-refractivity contribution in [2.45, 2.75) is 83.3 Å². The molecule has 0 bridgehead atoms. The molecule has 0 aromatic carbocycles. The SMILES string of the molecule is Cc1nc2c(nc1-c1cc3nc(N4CCCC4)nc(NC4CCC(O)CC4)n3n1)CCCC2. The van der Waals surface area contributed by atoms with Gasteiger partial charge in [0, 0.05) is 25.2 Å². The van der Waals surface area contributed by atoms with Gasteiger partial charge in [0.25, 0.3) is 0 Å². The zero-order valence-electron chi connectivity index (χ0n) is 19.3. The van der Waals surface area contributed by atoms with Crippen LogP contribution in [-0.2, 0) is 12.8 Å². The summed E-state index contributed by atoms with van der Waals surface area (Å²) in [7, 11) is 0. The minimum atomic E-state index is -0.185. The molecule has 1 saturated carbocycles. The highest BCUT2D eigenvalue weighted by atomic mass is 16.3. The van der Waals surface area contributed by atoms with Gasteiger partial charge in [0.2, 0.25) is 11.9 Å². The molecule has 6 rings (SSSR count). The third-order valence-corrected chi connectivity index (χ3v) is 7.28. The second-order valence-corrected chi connectivity index (χ2v) is 9.75. The Hall–Kier alpha value is -2.81. The second kappa shape index (κ2) is 8.52. The summed E-state index contributed by atoms with van der Waals surface area (Å²) in [4.78, 5) is 21.9. The molecule has 0 spiro atoms. The van der Waals surface area contributed by atoms with Crippen LogP contribution in [0.2, 0.25) is 0 Å². The lowest BCUT2D eigenvalue weighted by Crippen LogP contribution is -2.30. The molecule has 4 heterocycles. The zero-order chi connectivity index (χ0) is 22.4. The molecular weight excluding hydrogens is 416 g/mol. The quantitative estimate of drug-likeness (QED) is 0.627. The van der Waals surface area contributed by atoms with Gasteiger partial charge in [-0.2, -0.15) is 19.6 Å². The molecule has 174 valence electrons. The van der Waals surface area contributed by atoms with E-state index in [1.807, 2.05) is 17.5 Å². The van der Waals surface area contributed by atoms with Crippen LogP contribution in [0.3, 0.4) is 0 Å². The molecule has 3 aliphatic rings. The summed E-state index contributed by atoms with van der Waals surface area (Å²) in [5.41, 5.74) is 5.59. The number of fused-ring (bicyclic) bond motifs is 2. The van der Waals surface area contributed by atoms with Gasteiger partial charge >= 0.3 is 0 Å². The van der Waals surface area contributed by atoms with E-state index in [2.05, 4.69) is 10.2 Å². The summed E-state index contributed by atoms with van der Waals surface area (Å²) in [6.45, 7) is 4.00. The number of nitrogens with one attached hydrogen (secondary N) is 1. The van der Waals surface area contributed by atoms with Crippen LogP contribution in [-0.4, -0.2) is 59.9 Å². The normalized spacial score (nSPS) is 23.2. The molecule has 3 aromatic rings. The van der Waals surface area contributed by atoms with E-state index >= 15 is 0 Å². The molecule has 0 unspecified atom stereocenters. The average Bonchev–Trinajstić information content (AvgIpc) is 3.50.